The fourth-order valence-corrected chi connectivity index (χ4v) is 4.66. The highest BCUT2D eigenvalue weighted by molar-refractivity contribution is 6.30. The standard InChI is InChI=1S/C31H33ClN2O3/c32-27-18-16-25(17-19-27)22-34(29(35)23-37-28-14-8-3-9-15-28)30(26-12-6-2-7-13-26)31(36)33-21-20-24-10-4-1-5-11-24/h2-3,6-10,12-19,30H,1,4-5,11,20-23H2,(H,33,36). The number of halogens is 1. The molecule has 0 aliphatic heterocycles. The van der Waals surface area contributed by atoms with Crippen LogP contribution in [0.1, 0.15) is 49.3 Å². The van der Waals surface area contributed by atoms with Crippen LogP contribution in [0.3, 0.4) is 0 Å². The van der Waals surface area contributed by atoms with Crippen molar-refractivity contribution in [2.75, 3.05) is 13.2 Å². The van der Waals surface area contributed by atoms with Gasteiger partial charge >= 0.3 is 0 Å². The normalized spacial score (nSPS) is 13.8. The van der Waals surface area contributed by atoms with Gasteiger partial charge in [0, 0.05) is 18.1 Å². The van der Waals surface area contributed by atoms with E-state index in [9.17, 15) is 9.59 Å². The number of amides is 2. The third-order valence-corrected chi connectivity index (χ3v) is 6.75. The molecule has 37 heavy (non-hydrogen) atoms. The smallest absolute Gasteiger partial charge is 0.261 e. The minimum absolute atomic E-state index is 0.179. The summed E-state index contributed by atoms with van der Waals surface area (Å²) in [7, 11) is 0. The monoisotopic (exact) mass is 516 g/mol. The second-order valence-corrected chi connectivity index (χ2v) is 9.65. The van der Waals surface area contributed by atoms with Crippen molar-refractivity contribution in [3.63, 3.8) is 0 Å². The van der Waals surface area contributed by atoms with Crippen molar-refractivity contribution in [2.24, 2.45) is 0 Å². The molecule has 0 bridgehead atoms. The Labute approximate surface area is 224 Å². The Balaban J connectivity index is 1.56. The number of benzene rings is 3. The van der Waals surface area contributed by atoms with Gasteiger partial charge in [0.15, 0.2) is 6.61 Å². The highest BCUT2D eigenvalue weighted by atomic mass is 35.5. The molecular weight excluding hydrogens is 484 g/mol. The van der Waals surface area contributed by atoms with Gasteiger partial charge in [0.1, 0.15) is 11.8 Å². The van der Waals surface area contributed by atoms with Crippen molar-refractivity contribution in [2.45, 2.75) is 44.7 Å². The van der Waals surface area contributed by atoms with Crippen LogP contribution < -0.4 is 10.1 Å². The first kappa shape index (κ1) is 26.5. The molecule has 0 saturated carbocycles. The number of carbonyl (C=O) groups excluding carboxylic acids is 2. The summed E-state index contributed by atoms with van der Waals surface area (Å²) in [5, 5.41) is 3.71. The number of hydrogen-bond acceptors (Lipinski definition) is 3. The average Bonchev–Trinajstić information content (AvgIpc) is 2.94. The number of nitrogens with zero attached hydrogens (tertiary/aromatic N) is 1. The van der Waals surface area contributed by atoms with E-state index >= 15 is 0 Å². The Morgan fingerprint density at radius 3 is 2.30 bits per heavy atom. The number of rotatable bonds is 11. The quantitative estimate of drug-likeness (QED) is 0.296. The third-order valence-electron chi connectivity index (χ3n) is 6.50. The van der Waals surface area contributed by atoms with Gasteiger partial charge in [0.25, 0.3) is 5.91 Å². The number of carbonyl (C=O) groups is 2. The fraction of sp³-hybridized carbons (Fsp3) is 0.290. The predicted molar refractivity (Wildman–Crippen MR) is 147 cm³/mol. The Morgan fingerprint density at radius 2 is 1.62 bits per heavy atom. The number of allylic oxidation sites excluding steroid dienone is 1. The molecule has 1 unspecified atom stereocenters. The fourth-order valence-electron chi connectivity index (χ4n) is 4.54. The van der Waals surface area contributed by atoms with Gasteiger partial charge in [-0.05, 0) is 67.5 Å². The summed E-state index contributed by atoms with van der Waals surface area (Å²) < 4.78 is 5.78. The Morgan fingerprint density at radius 1 is 0.919 bits per heavy atom. The topological polar surface area (TPSA) is 58.6 Å². The minimum Gasteiger partial charge on any atom is -0.484 e. The maximum atomic E-state index is 13.7. The largest absolute Gasteiger partial charge is 0.484 e. The molecule has 1 aliphatic rings. The molecule has 4 rings (SSSR count). The predicted octanol–water partition coefficient (Wildman–Crippen LogP) is 6.50. The van der Waals surface area contributed by atoms with Gasteiger partial charge in [-0.1, -0.05) is 83.9 Å². The van der Waals surface area contributed by atoms with E-state index in [1.807, 2.05) is 60.7 Å². The Bertz CT molecular complexity index is 1180. The summed E-state index contributed by atoms with van der Waals surface area (Å²) in [6, 6.07) is 25.2. The second kappa shape index (κ2) is 13.7. The number of nitrogens with one attached hydrogen (secondary N) is 1. The molecule has 3 aromatic carbocycles. The van der Waals surface area contributed by atoms with Crippen LogP contribution in [0.15, 0.2) is 96.6 Å². The minimum atomic E-state index is -0.802. The lowest BCUT2D eigenvalue weighted by Gasteiger charge is -2.31. The summed E-state index contributed by atoms with van der Waals surface area (Å²) in [5.74, 6) is 0.117. The highest BCUT2D eigenvalue weighted by Crippen LogP contribution is 2.25. The molecule has 6 heteroatoms. The van der Waals surface area contributed by atoms with Crippen LogP contribution >= 0.6 is 11.6 Å². The number of hydrogen-bond donors (Lipinski definition) is 1. The van der Waals surface area contributed by atoms with Crippen LogP contribution in [0.4, 0.5) is 0 Å². The van der Waals surface area contributed by atoms with Crippen LogP contribution in [-0.2, 0) is 16.1 Å². The summed E-state index contributed by atoms with van der Waals surface area (Å²) in [5.41, 5.74) is 3.02. The van der Waals surface area contributed by atoms with Crippen molar-refractivity contribution in [3.05, 3.63) is 113 Å². The van der Waals surface area contributed by atoms with Gasteiger partial charge in [-0.2, -0.15) is 0 Å². The van der Waals surface area contributed by atoms with Gasteiger partial charge in [-0.25, -0.2) is 0 Å². The molecule has 0 fully saturated rings. The molecule has 3 aromatic rings. The SMILES string of the molecule is O=C(NCCC1=CCCCC1)C(c1ccccc1)N(Cc1ccc(Cl)cc1)C(=O)COc1ccccc1. The van der Waals surface area contributed by atoms with Crippen molar-refractivity contribution in [1.29, 1.82) is 0 Å². The third kappa shape index (κ3) is 7.96. The molecule has 0 spiro atoms. The van der Waals surface area contributed by atoms with Gasteiger partial charge in [-0.3, -0.25) is 9.59 Å². The lowest BCUT2D eigenvalue weighted by molar-refractivity contribution is -0.143. The first-order valence-electron chi connectivity index (χ1n) is 12.8. The van der Waals surface area contributed by atoms with E-state index in [0.29, 0.717) is 17.3 Å². The van der Waals surface area contributed by atoms with E-state index in [1.54, 1.807) is 29.2 Å². The van der Waals surface area contributed by atoms with Crippen LogP contribution in [-0.4, -0.2) is 29.9 Å². The molecule has 0 aromatic heterocycles. The molecular formula is C31H33ClN2O3. The van der Waals surface area contributed by atoms with Crippen LogP contribution in [0, 0.1) is 0 Å². The van der Waals surface area contributed by atoms with Crippen LogP contribution in [0.2, 0.25) is 5.02 Å². The Kier molecular flexibility index (Phi) is 9.78. The summed E-state index contributed by atoms with van der Waals surface area (Å²) >= 11 is 6.09. The van der Waals surface area contributed by atoms with Crippen LogP contribution in [0.5, 0.6) is 5.75 Å². The van der Waals surface area contributed by atoms with Crippen molar-refractivity contribution in [1.82, 2.24) is 10.2 Å². The van der Waals surface area contributed by atoms with Gasteiger partial charge in [0.2, 0.25) is 5.91 Å². The number of ether oxygens (including phenoxy) is 1. The van der Waals surface area contributed by atoms with E-state index in [-0.39, 0.29) is 25.0 Å². The van der Waals surface area contributed by atoms with Crippen molar-refractivity contribution < 1.29 is 14.3 Å². The average molecular weight is 517 g/mol. The molecule has 192 valence electrons. The second-order valence-electron chi connectivity index (χ2n) is 9.21. The van der Waals surface area contributed by atoms with E-state index in [1.165, 1.54) is 18.4 Å². The highest BCUT2D eigenvalue weighted by Gasteiger charge is 2.31. The lowest BCUT2D eigenvalue weighted by Crippen LogP contribution is -2.45. The van der Waals surface area contributed by atoms with Gasteiger partial charge in [-0.15, -0.1) is 0 Å². The lowest BCUT2D eigenvalue weighted by atomic mass is 9.97. The van der Waals surface area contributed by atoms with Crippen molar-refractivity contribution in [3.8, 4) is 5.75 Å². The van der Waals surface area contributed by atoms with Crippen LogP contribution in [0.25, 0.3) is 0 Å². The zero-order chi connectivity index (χ0) is 25.9. The van der Waals surface area contributed by atoms with Crippen molar-refractivity contribution >= 4 is 23.4 Å². The molecule has 2 amide bonds. The summed E-state index contributed by atoms with van der Waals surface area (Å²) in [6.07, 6.45) is 7.77. The van der Waals surface area contributed by atoms with E-state index in [2.05, 4.69) is 11.4 Å². The maximum Gasteiger partial charge on any atom is 0.261 e. The number of para-hydroxylation sites is 1. The molecule has 5 nitrogen and oxygen atoms in total. The first-order chi connectivity index (χ1) is 18.1. The van der Waals surface area contributed by atoms with E-state index in [4.69, 9.17) is 16.3 Å². The van der Waals surface area contributed by atoms with Gasteiger partial charge in [0.05, 0.1) is 0 Å². The van der Waals surface area contributed by atoms with Gasteiger partial charge < -0.3 is 15.0 Å². The Hall–Kier alpha value is -3.57. The zero-order valence-electron chi connectivity index (χ0n) is 20.9. The molecule has 0 heterocycles. The van der Waals surface area contributed by atoms with E-state index < -0.39 is 6.04 Å². The summed E-state index contributed by atoms with van der Waals surface area (Å²) in [6.45, 7) is 0.602. The van der Waals surface area contributed by atoms with E-state index in [0.717, 1.165) is 30.4 Å². The first-order valence-corrected chi connectivity index (χ1v) is 13.2. The zero-order valence-corrected chi connectivity index (χ0v) is 21.7. The molecule has 1 aliphatic carbocycles. The molecule has 1 atom stereocenters. The summed E-state index contributed by atoms with van der Waals surface area (Å²) in [4.78, 5) is 28.9. The molecule has 0 saturated heterocycles. The molecule has 1 N–H and O–H groups in total. The molecule has 0 radical (unpaired) electrons. The maximum absolute atomic E-state index is 13.7.